The Hall–Kier alpha value is -1.02. The summed E-state index contributed by atoms with van der Waals surface area (Å²) < 4.78 is 21.3. The normalized spacial score (nSPS) is 13.1. The van der Waals surface area contributed by atoms with Gasteiger partial charge in [0.15, 0.2) is 0 Å². The molecule has 2 atom stereocenters. The number of benzene rings is 2. The van der Waals surface area contributed by atoms with Crippen LogP contribution in [0.3, 0.4) is 0 Å². The van der Waals surface area contributed by atoms with Gasteiger partial charge in [0.1, 0.15) is 0 Å². The van der Waals surface area contributed by atoms with Gasteiger partial charge in [-0.3, -0.25) is 4.21 Å². The number of hydrogen-bond acceptors (Lipinski definition) is 2. The Morgan fingerprint density at radius 1 is 0.875 bits per heavy atom. The van der Waals surface area contributed by atoms with Gasteiger partial charge in [-0.15, -0.1) is 0 Å². The maximum Gasteiger partial charge on any atom is 0.0249 e. The molecule has 0 saturated heterocycles. The van der Waals surface area contributed by atoms with Gasteiger partial charge in [0, 0.05) is 4.90 Å². The maximum atomic E-state index is 10.7. The fourth-order valence-electron chi connectivity index (χ4n) is 1.34. The summed E-state index contributed by atoms with van der Waals surface area (Å²) in [6.07, 6.45) is 0. The highest BCUT2D eigenvalue weighted by molar-refractivity contribution is 7.79. The van der Waals surface area contributed by atoms with Crippen molar-refractivity contribution in [1.82, 2.24) is 0 Å². The Morgan fingerprint density at radius 3 is 2.00 bits per heavy atom. The van der Waals surface area contributed by atoms with E-state index in [1.165, 1.54) is 5.30 Å². The molecule has 0 saturated carbocycles. The van der Waals surface area contributed by atoms with Crippen LogP contribution in [-0.4, -0.2) is 8.76 Å². The lowest BCUT2D eigenvalue weighted by Gasteiger charge is -2.06. The summed E-state index contributed by atoms with van der Waals surface area (Å²) in [5.74, 6) is 0. The first-order valence-electron chi connectivity index (χ1n) is 4.77. The molecule has 0 aliphatic heterocycles. The minimum Gasteiger partial charge on any atom is -0.768 e. The SMILES string of the molecule is O=S([O-])c1ccc(Pc2ccccc2)cc1. The van der Waals surface area contributed by atoms with E-state index in [0.717, 1.165) is 5.30 Å². The van der Waals surface area contributed by atoms with Crippen LogP contribution in [0.25, 0.3) is 0 Å². The quantitative estimate of drug-likeness (QED) is 0.611. The van der Waals surface area contributed by atoms with Gasteiger partial charge in [0.25, 0.3) is 0 Å². The highest BCUT2D eigenvalue weighted by atomic mass is 32.2. The standard InChI is InChI=1S/C12H11O2PS/c13-16(14)12-8-6-11(7-9-12)15-10-4-2-1-3-5-10/h1-9,15H,(H,13,14)/p-1. The smallest absolute Gasteiger partial charge is 0.0249 e. The van der Waals surface area contributed by atoms with E-state index < -0.39 is 11.1 Å². The topological polar surface area (TPSA) is 40.1 Å². The van der Waals surface area contributed by atoms with Crippen LogP contribution in [0.5, 0.6) is 0 Å². The van der Waals surface area contributed by atoms with Crippen molar-refractivity contribution in [3.05, 3.63) is 54.6 Å². The van der Waals surface area contributed by atoms with Crippen LogP contribution < -0.4 is 10.6 Å². The number of rotatable bonds is 3. The molecule has 0 spiro atoms. The Morgan fingerprint density at radius 2 is 1.44 bits per heavy atom. The zero-order chi connectivity index (χ0) is 11.4. The molecular weight excluding hydrogens is 239 g/mol. The van der Waals surface area contributed by atoms with Gasteiger partial charge in [-0.2, -0.15) is 0 Å². The predicted molar refractivity (Wildman–Crippen MR) is 67.7 cm³/mol. The van der Waals surface area contributed by atoms with E-state index in [-0.39, 0.29) is 0 Å². The molecule has 82 valence electrons. The molecule has 0 aliphatic carbocycles. The van der Waals surface area contributed by atoms with Crippen molar-refractivity contribution in [2.24, 2.45) is 0 Å². The molecule has 2 aromatic carbocycles. The van der Waals surface area contributed by atoms with Crippen molar-refractivity contribution in [3.8, 4) is 0 Å². The molecule has 4 heteroatoms. The van der Waals surface area contributed by atoms with Crippen molar-refractivity contribution in [1.29, 1.82) is 0 Å². The average Bonchev–Trinajstić information content (AvgIpc) is 2.31. The first-order valence-corrected chi connectivity index (χ1v) is 6.84. The lowest BCUT2D eigenvalue weighted by molar-refractivity contribution is 0.537. The molecule has 16 heavy (non-hydrogen) atoms. The van der Waals surface area contributed by atoms with E-state index in [4.69, 9.17) is 0 Å². The molecule has 0 heterocycles. The molecule has 2 aromatic rings. The fraction of sp³-hybridized carbons (Fsp3) is 0. The predicted octanol–water partition coefficient (Wildman–Crippen LogP) is 1.55. The van der Waals surface area contributed by atoms with Crippen molar-refractivity contribution >= 4 is 30.3 Å². The second-order valence-electron chi connectivity index (χ2n) is 3.25. The first kappa shape index (κ1) is 11.5. The molecule has 0 radical (unpaired) electrons. The molecule has 0 N–H and O–H groups in total. The summed E-state index contributed by atoms with van der Waals surface area (Å²) in [5.41, 5.74) is 0. The third kappa shape index (κ3) is 2.99. The molecule has 0 aliphatic rings. The van der Waals surface area contributed by atoms with E-state index in [1.807, 2.05) is 30.3 Å². The Kier molecular flexibility index (Phi) is 3.83. The van der Waals surface area contributed by atoms with Gasteiger partial charge in [0.05, 0.1) is 0 Å². The zero-order valence-corrected chi connectivity index (χ0v) is 10.2. The highest BCUT2D eigenvalue weighted by Gasteiger charge is 1.96. The Labute approximate surface area is 98.8 Å². The molecule has 0 aromatic heterocycles. The van der Waals surface area contributed by atoms with Gasteiger partial charge >= 0.3 is 0 Å². The van der Waals surface area contributed by atoms with Crippen molar-refractivity contribution < 1.29 is 8.76 Å². The molecule has 0 fully saturated rings. The minimum absolute atomic E-state index is 0.335. The average molecular weight is 249 g/mol. The van der Waals surface area contributed by atoms with E-state index in [0.29, 0.717) is 13.5 Å². The van der Waals surface area contributed by atoms with Gasteiger partial charge in [-0.05, 0) is 33.8 Å². The first-order chi connectivity index (χ1) is 7.75. The van der Waals surface area contributed by atoms with Crippen LogP contribution >= 0.6 is 8.58 Å². The monoisotopic (exact) mass is 249 g/mol. The lowest BCUT2D eigenvalue weighted by atomic mass is 10.4. The molecule has 0 amide bonds. The molecule has 2 rings (SSSR count). The van der Waals surface area contributed by atoms with E-state index in [9.17, 15) is 8.76 Å². The Bertz CT molecular complexity index is 482. The third-order valence-corrected chi connectivity index (χ3v) is 4.01. The van der Waals surface area contributed by atoms with Crippen LogP contribution in [-0.2, 0) is 11.1 Å². The van der Waals surface area contributed by atoms with Crippen molar-refractivity contribution in [3.63, 3.8) is 0 Å². The van der Waals surface area contributed by atoms with E-state index in [1.54, 1.807) is 12.1 Å². The second-order valence-corrected chi connectivity index (χ2v) is 5.60. The minimum atomic E-state index is -2.13. The molecule has 2 nitrogen and oxygen atoms in total. The summed E-state index contributed by atoms with van der Waals surface area (Å²) in [6, 6.07) is 17.1. The van der Waals surface area contributed by atoms with Crippen LogP contribution in [0.15, 0.2) is 59.5 Å². The summed E-state index contributed by atoms with van der Waals surface area (Å²) in [4.78, 5) is 0.335. The second kappa shape index (κ2) is 5.35. The van der Waals surface area contributed by atoms with Crippen LogP contribution in [0.4, 0.5) is 0 Å². The molecule has 2 unspecified atom stereocenters. The third-order valence-electron chi connectivity index (χ3n) is 2.11. The van der Waals surface area contributed by atoms with Gasteiger partial charge in [0.2, 0.25) is 0 Å². The van der Waals surface area contributed by atoms with Crippen molar-refractivity contribution in [2.75, 3.05) is 0 Å². The van der Waals surface area contributed by atoms with E-state index in [2.05, 4.69) is 12.1 Å². The summed E-state index contributed by atoms with van der Waals surface area (Å²) >= 11 is -2.13. The van der Waals surface area contributed by atoms with Crippen LogP contribution in [0.1, 0.15) is 0 Å². The largest absolute Gasteiger partial charge is 0.768 e. The van der Waals surface area contributed by atoms with Gasteiger partial charge < -0.3 is 4.55 Å². The maximum absolute atomic E-state index is 10.7. The fourth-order valence-corrected chi connectivity index (χ4v) is 2.72. The van der Waals surface area contributed by atoms with Crippen LogP contribution in [0, 0.1) is 0 Å². The van der Waals surface area contributed by atoms with Crippen LogP contribution in [0.2, 0.25) is 0 Å². The lowest BCUT2D eigenvalue weighted by Crippen LogP contribution is -2.03. The summed E-state index contributed by atoms with van der Waals surface area (Å²) in [7, 11) is 0.566. The number of hydrogen-bond donors (Lipinski definition) is 0. The van der Waals surface area contributed by atoms with E-state index >= 15 is 0 Å². The molecular formula is C12H10O2PS-. The molecule has 0 bridgehead atoms. The van der Waals surface area contributed by atoms with Gasteiger partial charge in [-0.25, -0.2) is 0 Å². The highest BCUT2D eigenvalue weighted by Crippen LogP contribution is 2.11. The Balaban J connectivity index is 2.14. The summed E-state index contributed by atoms with van der Waals surface area (Å²) in [5, 5.41) is 2.39. The van der Waals surface area contributed by atoms with Crippen molar-refractivity contribution in [2.45, 2.75) is 4.90 Å². The zero-order valence-electron chi connectivity index (χ0n) is 8.42. The summed E-state index contributed by atoms with van der Waals surface area (Å²) in [6.45, 7) is 0. The van der Waals surface area contributed by atoms with Gasteiger partial charge in [-0.1, -0.05) is 51.0 Å².